The third kappa shape index (κ3) is 2.66. The molecule has 6 heteroatoms. The fraction of sp³-hybridized carbons (Fsp3) is 0.118. The van der Waals surface area contributed by atoms with E-state index in [1.807, 2.05) is 0 Å². The van der Waals surface area contributed by atoms with E-state index in [4.69, 9.17) is 0 Å². The zero-order valence-corrected chi connectivity index (χ0v) is 12.5. The number of pyridine rings is 2. The van der Waals surface area contributed by atoms with Gasteiger partial charge in [-0.15, -0.1) is 0 Å². The Hall–Kier alpha value is -3.15. The molecule has 0 saturated heterocycles. The molecule has 2 aromatic heterocycles. The Morgan fingerprint density at radius 2 is 1.96 bits per heavy atom. The normalized spacial score (nSPS) is 10.7. The highest BCUT2D eigenvalue weighted by Gasteiger charge is 2.20. The summed E-state index contributed by atoms with van der Waals surface area (Å²) in [5.41, 5.74) is 0.427. The van der Waals surface area contributed by atoms with Crippen LogP contribution in [0.1, 0.15) is 16.1 Å². The zero-order valence-electron chi connectivity index (χ0n) is 12.5. The number of fused-ring (bicyclic) bond motifs is 1. The number of hydrogen-bond donors (Lipinski definition) is 2. The molecule has 3 rings (SSSR count). The molecular formula is C17H15N3O3. The Balaban J connectivity index is 1.99. The highest BCUT2D eigenvalue weighted by molar-refractivity contribution is 6.02. The average Bonchev–Trinajstić information content (AvgIpc) is 2.59. The van der Waals surface area contributed by atoms with Crippen molar-refractivity contribution in [3.8, 4) is 5.75 Å². The van der Waals surface area contributed by atoms with Crippen molar-refractivity contribution in [2.75, 3.05) is 0 Å². The topological polar surface area (TPSA) is 84.2 Å². The molecule has 0 unspecified atom stereocenters. The molecule has 116 valence electrons. The molecule has 23 heavy (non-hydrogen) atoms. The standard InChI is InChI=1S/C17H15N3O3/c1-20-13-8-3-2-7-12(13)15(21)14(17(20)23)16(22)19-10-11-6-4-5-9-18-11/h2-9,21H,10H2,1H3,(H,19,22). The van der Waals surface area contributed by atoms with Gasteiger partial charge in [0.05, 0.1) is 17.8 Å². The molecule has 0 aliphatic rings. The fourth-order valence-electron chi connectivity index (χ4n) is 2.45. The third-order valence-corrected chi connectivity index (χ3v) is 3.66. The zero-order chi connectivity index (χ0) is 16.4. The number of nitrogens with zero attached hydrogens (tertiary/aromatic N) is 2. The summed E-state index contributed by atoms with van der Waals surface area (Å²) in [6.45, 7) is 0.176. The van der Waals surface area contributed by atoms with Crippen LogP contribution in [0.3, 0.4) is 0 Å². The Labute approximate surface area is 132 Å². The molecular weight excluding hydrogens is 294 g/mol. The number of carbonyl (C=O) groups is 1. The molecule has 1 aromatic carbocycles. The molecule has 0 aliphatic carbocycles. The molecule has 3 aromatic rings. The van der Waals surface area contributed by atoms with Crippen LogP contribution in [-0.2, 0) is 13.6 Å². The Morgan fingerprint density at radius 3 is 2.70 bits per heavy atom. The first-order valence-corrected chi connectivity index (χ1v) is 7.08. The summed E-state index contributed by atoms with van der Waals surface area (Å²) in [5.74, 6) is -0.929. The van der Waals surface area contributed by atoms with E-state index in [1.165, 1.54) is 4.57 Å². The number of carbonyl (C=O) groups excluding carboxylic acids is 1. The van der Waals surface area contributed by atoms with Crippen LogP contribution in [-0.4, -0.2) is 20.6 Å². The van der Waals surface area contributed by atoms with Gasteiger partial charge in [-0.25, -0.2) is 0 Å². The Morgan fingerprint density at radius 1 is 1.22 bits per heavy atom. The van der Waals surface area contributed by atoms with Crippen molar-refractivity contribution in [1.29, 1.82) is 0 Å². The van der Waals surface area contributed by atoms with E-state index < -0.39 is 11.5 Å². The van der Waals surface area contributed by atoms with Gasteiger partial charge in [0.15, 0.2) is 0 Å². The van der Waals surface area contributed by atoms with Crippen LogP contribution < -0.4 is 10.9 Å². The monoisotopic (exact) mass is 309 g/mol. The van der Waals surface area contributed by atoms with Crippen molar-refractivity contribution in [3.05, 3.63) is 70.3 Å². The highest BCUT2D eigenvalue weighted by atomic mass is 16.3. The van der Waals surface area contributed by atoms with Gasteiger partial charge in [-0.1, -0.05) is 18.2 Å². The number of aryl methyl sites for hydroxylation is 1. The first kappa shape index (κ1) is 14.8. The van der Waals surface area contributed by atoms with Crippen molar-refractivity contribution in [1.82, 2.24) is 14.9 Å². The summed E-state index contributed by atoms with van der Waals surface area (Å²) in [5, 5.41) is 13.4. The van der Waals surface area contributed by atoms with Crippen LogP contribution in [0.5, 0.6) is 5.75 Å². The lowest BCUT2D eigenvalue weighted by atomic mass is 10.1. The highest BCUT2D eigenvalue weighted by Crippen LogP contribution is 2.25. The van der Waals surface area contributed by atoms with Crippen LogP contribution in [0.4, 0.5) is 0 Å². The van der Waals surface area contributed by atoms with Crippen LogP contribution in [0.25, 0.3) is 10.9 Å². The Kier molecular flexibility index (Phi) is 3.80. The number of nitrogens with one attached hydrogen (secondary N) is 1. The van der Waals surface area contributed by atoms with Crippen molar-refractivity contribution >= 4 is 16.8 Å². The van der Waals surface area contributed by atoms with Gasteiger partial charge in [0.1, 0.15) is 11.3 Å². The van der Waals surface area contributed by atoms with Gasteiger partial charge in [0, 0.05) is 18.6 Å². The first-order chi connectivity index (χ1) is 11.1. The van der Waals surface area contributed by atoms with Gasteiger partial charge >= 0.3 is 0 Å². The number of hydrogen-bond acceptors (Lipinski definition) is 4. The van der Waals surface area contributed by atoms with Crippen molar-refractivity contribution in [2.24, 2.45) is 7.05 Å². The van der Waals surface area contributed by atoms with Gasteiger partial charge in [0.2, 0.25) is 0 Å². The van der Waals surface area contributed by atoms with E-state index in [1.54, 1.807) is 55.7 Å². The minimum absolute atomic E-state index is 0.176. The molecule has 0 saturated carbocycles. The second kappa shape index (κ2) is 5.92. The number of amides is 1. The quantitative estimate of drug-likeness (QED) is 0.769. The minimum atomic E-state index is -0.625. The van der Waals surface area contributed by atoms with E-state index in [0.29, 0.717) is 16.6 Å². The summed E-state index contributed by atoms with van der Waals surface area (Å²) >= 11 is 0. The molecule has 6 nitrogen and oxygen atoms in total. The van der Waals surface area contributed by atoms with E-state index in [0.717, 1.165) is 0 Å². The van der Waals surface area contributed by atoms with E-state index in [-0.39, 0.29) is 17.9 Å². The number of benzene rings is 1. The summed E-state index contributed by atoms with van der Waals surface area (Å²) in [7, 11) is 1.57. The molecule has 0 aliphatic heterocycles. The number of aromatic nitrogens is 2. The molecule has 0 fully saturated rings. The Bertz CT molecular complexity index is 933. The van der Waals surface area contributed by atoms with Crippen molar-refractivity contribution in [3.63, 3.8) is 0 Å². The third-order valence-electron chi connectivity index (χ3n) is 3.66. The van der Waals surface area contributed by atoms with Gasteiger partial charge in [0.25, 0.3) is 11.5 Å². The molecule has 0 spiro atoms. The molecule has 0 bridgehead atoms. The molecule has 0 atom stereocenters. The van der Waals surface area contributed by atoms with Crippen LogP contribution in [0.2, 0.25) is 0 Å². The second-order valence-corrected chi connectivity index (χ2v) is 5.11. The SMILES string of the molecule is Cn1c(=O)c(C(=O)NCc2ccccn2)c(O)c2ccccc21. The predicted octanol–water partition coefficient (Wildman–Crippen LogP) is 1.57. The summed E-state index contributed by atoms with van der Waals surface area (Å²) in [6.07, 6.45) is 1.62. The van der Waals surface area contributed by atoms with Gasteiger partial charge in [-0.3, -0.25) is 14.6 Å². The maximum absolute atomic E-state index is 12.4. The lowest BCUT2D eigenvalue weighted by Gasteiger charge is -2.11. The molecule has 2 heterocycles. The number of rotatable bonds is 3. The number of aromatic hydroxyl groups is 1. The summed E-state index contributed by atoms with van der Waals surface area (Å²) in [6, 6.07) is 12.2. The van der Waals surface area contributed by atoms with Crippen LogP contribution in [0.15, 0.2) is 53.5 Å². The first-order valence-electron chi connectivity index (χ1n) is 7.08. The van der Waals surface area contributed by atoms with Crippen LogP contribution in [0, 0.1) is 0 Å². The van der Waals surface area contributed by atoms with Crippen molar-refractivity contribution in [2.45, 2.75) is 6.54 Å². The van der Waals surface area contributed by atoms with Crippen molar-refractivity contribution < 1.29 is 9.90 Å². The molecule has 0 radical (unpaired) electrons. The van der Waals surface area contributed by atoms with E-state index >= 15 is 0 Å². The second-order valence-electron chi connectivity index (χ2n) is 5.11. The minimum Gasteiger partial charge on any atom is -0.506 e. The summed E-state index contributed by atoms with van der Waals surface area (Å²) in [4.78, 5) is 28.8. The average molecular weight is 309 g/mol. The van der Waals surface area contributed by atoms with Crippen LogP contribution >= 0.6 is 0 Å². The summed E-state index contributed by atoms with van der Waals surface area (Å²) < 4.78 is 1.35. The van der Waals surface area contributed by atoms with Gasteiger partial charge in [-0.05, 0) is 24.3 Å². The largest absolute Gasteiger partial charge is 0.506 e. The predicted molar refractivity (Wildman–Crippen MR) is 86.3 cm³/mol. The van der Waals surface area contributed by atoms with Gasteiger partial charge in [-0.2, -0.15) is 0 Å². The van der Waals surface area contributed by atoms with Gasteiger partial charge < -0.3 is 15.0 Å². The molecule has 1 amide bonds. The maximum Gasteiger partial charge on any atom is 0.267 e. The lowest BCUT2D eigenvalue weighted by molar-refractivity contribution is 0.0946. The van der Waals surface area contributed by atoms with E-state index in [2.05, 4.69) is 10.3 Å². The maximum atomic E-state index is 12.4. The number of para-hydroxylation sites is 1. The molecule has 2 N–H and O–H groups in total. The smallest absolute Gasteiger partial charge is 0.267 e. The lowest BCUT2D eigenvalue weighted by Crippen LogP contribution is -2.32. The fourth-order valence-corrected chi connectivity index (χ4v) is 2.45. The van der Waals surface area contributed by atoms with E-state index in [9.17, 15) is 14.7 Å².